The Morgan fingerprint density at radius 2 is 2.17 bits per heavy atom. The Hall–Kier alpha value is -2.26. The number of nitrogens with one attached hydrogen (secondary N) is 1. The van der Waals surface area contributed by atoms with E-state index in [1.165, 1.54) is 38.0 Å². The van der Waals surface area contributed by atoms with Gasteiger partial charge < -0.3 is 4.74 Å². The van der Waals surface area contributed by atoms with Crippen LogP contribution in [-0.4, -0.2) is 42.3 Å². The number of methoxy groups -OCH3 is 1. The van der Waals surface area contributed by atoms with E-state index in [1.807, 2.05) is 0 Å². The first-order valence-corrected chi connectivity index (χ1v) is 8.35. The molecule has 23 heavy (non-hydrogen) atoms. The van der Waals surface area contributed by atoms with Gasteiger partial charge in [0, 0.05) is 6.04 Å². The van der Waals surface area contributed by atoms with Crippen LogP contribution in [0.25, 0.3) is 0 Å². The first-order chi connectivity index (χ1) is 10.8. The summed E-state index contributed by atoms with van der Waals surface area (Å²) in [4.78, 5) is 15.4. The van der Waals surface area contributed by atoms with Crippen LogP contribution in [0, 0.1) is 6.92 Å². The predicted octanol–water partition coefficient (Wildman–Crippen LogP) is 0.740. The van der Waals surface area contributed by atoms with E-state index in [0.29, 0.717) is 17.7 Å². The molecule has 1 aromatic carbocycles. The summed E-state index contributed by atoms with van der Waals surface area (Å²) < 4.78 is 33.7. The SMILES string of the molecule is COC(=O)c1ccc(S(=O)(=O)N[C@H](C)Cn2cncn2)c(C)c1. The third-order valence-electron chi connectivity index (χ3n) is 3.17. The minimum absolute atomic E-state index is 0.121. The molecular formula is C14H18N4O4S. The zero-order valence-electron chi connectivity index (χ0n) is 13.1. The monoisotopic (exact) mass is 338 g/mol. The molecule has 124 valence electrons. The quantitative estimate of drug-likeness (QED) is 0.779. The fraction of sp³-hybridized carbons (Fsp3) is 0.357. The Balaban J connectivity index is 2.17. The van der Waals surface area contributed by atoms with E-state index in [9.17, 15) is 13.2 Å². The van der Waals surface area contributed by atoms with E-state index >= 15 is 0 Å². The Labute approximate surface area is 134 Å². The maximum atomic E-state index is 12.5. The average Bonchev–Trinajstić information content (AvgIpc) is 2.98. The van der Waals surface area contributed by atoms with Gasteiger partial charge in [0.25, 0.3) is 0 Å². The molecule has 9 heteroatoms. The number of rotatable bonds is 6. The molecule has 0 aliphatic carbocycles. The smallest absolute Gasteiger partial charge is 0.337 e. The highest BCUT2D eigenvalue weighted by atomic mass is 32.2. The molecular weight excluding hydrogens is 320 g/mol. The Morgan fingerprint density at radius 3 is 2.74 bits per heavy atom. The largest absolute Gasteiger partial charge is 0.465 e. The van der Waals surface area contributed by atoms with Crippen LogP contribution in [0.4, 0.5) is 0 Å². The summed E-state index contributed by atoms with van der Waals surface area (Å²) >= 11 is 0. The van der Waals surface area contributed by atoms with Crippen molar-refractivity contribution in [2.24, 2.45) is 0 Å². The molecule has 0 fully saturated rings. The Kier molecular flexibility index (Phi) is 5.12. The van der Waals surface area contributed by atoms with Gasteiger partial charge in [0.15, 0.2) is 0 Å². The van der Waals surface area contributed by atoms with Gasteiger partial charge in [-0.3, -0.25) is 4.68 Å². The summed E-state index contributed by atoms with van der Waals surface area (Å²) in [5.41, 5.74) is 0.771. The van der Waals surface area contributed by atoms with E-state index in [0.717, 1.165) is 0 Å². The second-order valence-electron chi connectivity index (χ2n) is 5.11. The first kappa shape index (κ1) is 17.1. The number of hydrogen-bond donors (Lipinski definition) is 1. The molecule has 8 nitrogen and oxygen atoms in total. The van der Waals surface area contributed by atoms with Crippen LogP contribution in [0.2, 0.25) is 0 Å². The molecule has 2 aromatic rings. The number of aryl methyl sites for hydroxylation is 1. The molecule has 0 spiro atoms. The minimum Gasteiger partial charge on any atom is -0.465 e. The summed E-state index contributed by atoms with van der Waals surface area (Å²) in [6.07, 6.45) is 2.90. The Morgan fingerprint density at radius 1 is 1.43 bits per heavy atom. The van der Waals surface area contributed by atoms with Crippen molar-refractivity contribution in [1.82, 2.24) is 19.5 Å². The number of hydrogen-bond acceptors (Lipinski definition) is 6. The van der Waals surface area contributed by atoms with E-state index in [2.05, 4.69) is 19.5 Å². The van der Waals surface area contributed by atoms with Crippen LogP contribution in [0.1, 0.15) is 22.8 Å². The molecule has 1 atom stereocenters. The van der Waals surface area contributed by atoms with Crippen molar-refractivity contribution < 1.29 is 17.9 Å². The van der Waals surface area contributed by atoms with Crippen molar-refractivity contribution in [2.75, 3.05) is 7.11 Å². The van der Waals surface area contributed by atoms with Gasteiger partial charge in [-0.1, -0.05) is 0 Å². The van der Waals surface area contributed by atoms with Gasteiger partial charge >= 0.3 is 5.97 Å². The number of aromatic nitrogens is 3. The van der Waals surface area contributed by atoms with Crippen LogP contribution in [0.5, 0.6) is 0 Å². The van der Waals surface area contributed by atoms with Crippen LogP contribution in [-0.2, 0) is 21.3 Å². The van der Waals surface area contributed by atoms with Crippen molar-refractivity contribution >= 4 is 16.0 Å². The van der Waals surface area contributed by atoms with Crippen molar-refractivity contribution in [1.29, 1.82) is 0 Å². The summed E-state index contributed by atoms with van der Waals surface area (Å²) in [6, 6.07) is 3.94. The maximum absolute atomic E-state index is 12.5. The van der Waals surface area contributed by atoms with Gasteiger partial charge in [-0.05, 0) is 37.6 Å². The third kappa shape index (κ3) is 4.14. The molecule has 1 N–H and O–H groups in total. The van der Waals surface area contributed by atoms with E-state index < -0.39 is 16.0 Å². The summed E-state index contributed by atoms with van der Waals surface area (Å²) in [5, 5.41) is 3.94. The summed E-state index contributed by atoms with van der Waals surface area (Å²) in [6.45, 7) is 3.72. The minimum atomic E-state index is -3.71. The lowest BCUT2D eigenvalue weighted by Crippen LogP contribution is -2.36. The maximum Gasteiger partial charge on any atom is 0.337 e. The van der Waals surface area contributed by atoms with Gasteiger partial charge in [-0.15, -0.1) is 0 Å². The molecule has 0 saturated heterocycles. The molecule has 0 bridgehead atoms. The van der Waals surface area contributed by atoms with Crippen LogP contribution < -0.4 is 4.72 Å². The Bertz CT molecular complexity index is 787. The van der Waals surface area contributed by atoms with Gasteiger partial charge in [0.05, 0.1) is 24.1 Å². The van der Waals surface area contributed by atoms with E-state index in [4.69, 9.17) is 0 Å². The van der Waals surface area contributed by atoms with Gasteiger partial charge in [-0.2, -0.15) is 5.10 Å². The highest BCUT2D eigenvalue weighted by Gasteiger charge is 2.21. The topological polar surface area (TPSA) is 103 Å². The lowest BCUT2D eigenvalue weighted by atomic mass is 10.1. The molecule has 2 rings (SSSR count). The molecule has 1 heterocycles. The van der Waals surface area contributed by atoms with Gasteiger partial charge in [0.1, 0.15) is 12.7 Å². The normalized spacial score (nSPS) is 12.8. The first-order valence-electron chi connectivity index (χ1n) is 6.87. The number of nitrogens with zero attached hydrogens (tertiary/aromatic N) is 3. The predicted molar refractivity (Wildman–Crippen MR) is 82.3 cm³/mol. The van der Waals surface area contributed by atoms with Crippen LogP contribution in [0.15, 0.2) is 35.7 Å². The van der Waals surface area contributed by atoms with Crippen LogP contribution >= 0.6 is 0 Å². The second kappa shape index (κ2) is 6.88. The number of benzene rings is 1. The van der Waals surface area contributed by atoms with Crippen molar-refractivity contribution in [3.8, 4) is 0 Å². The van der Waals surface area contributed by atoms with Crippen LogP contribution in [0.3, 0.4) is 0 Å². The molecule has 0 radical (unpaired) electrons. The van der Waals surface area contributed by atoms with Crippen molar-refractivity contribution in [3.63, 3.8) is 0 Å². The van der Waals surface area contributed by atoms with Gasteiger partial charge in [0.2, 0.25) is 10.0 Å². The summed E-state index contributed by atoms with van der Waals surface area (Å²) in [7, 11) is -2.43. The standard InChI is InChI=1S/C14H18N4O4S/c1-10-6-12(14(19)22-3)4-5-13(10)23(20,21)17-11(2)7-18-9-15-8-16-18/h4-6,8-9,11,17H,7H2,1-3H3/t11-/m1/s1. The number of carbonyl (C=O) groups excluding carboxylic acids is 1. The molecule has 0 aliphatic heterocycles. The second-order valence-corrected chi connectivity index (χ2v) is 6.79. The molecule has 0 unspecified atom stereocenters. The van der Waals surface area contributed by atoms with Gasteiger partial charge in [-0.25, -0.2) is 22.9 Å². The molecule has 0 aliphatic rings. The molecule has 0 amide bonds. The lowest BCUT2D eigenvalue weighted by molar-refractivity contribution is 0.0600. The molecule has 1 aromatic heterocycles. The van der Waals surface area contributed by atoms with E-state index in [1.54, 1.807) is 18.5 Å². The number of esters is 1. The highest BCUT2D eigenvalue weighted by molar-refractivity contribution is 7.89. The van der Waals surface area contributed by atoms with Crippen molar-refractivity contribution in [2.45, 2.75) is 31.3 Å². The zero-order chi connectivity index (χ0) is 17.0. The highest BCUT2D eigenvalue weighted by Crippen LogP contribution is 2.17. The fourth-order valence-electron chi connectivity index (χ4n) is 2.17. The van der Waals surface area contributed by atoms with Crippen molar-refractivity contribution in [3.05, 3.63) is 42.0 Å². The fourth-order valence-corrected chi connectivity index (χ4v) is 3.63. The van der Waals surface area contributed by atoms with E-state index in [-0.39, 0.29) is 10.9 Å². The number of ether oxygens (including phenoxy) is 1. The molecule has 0 saturated carbocycles. The summed E-state index contributed by atoms with van der Waals surface area (Å²) in [5.74, 6) is -0.510. The third-order valence-corrected chi connectivity index (χ3v) is 4.92. The average molecular weight is 338 g/mol. The number of carbonyl (C=O) groups is 1. The zero-order valence-corrected chi connectivity index (χ0v) is 13.9. The number of sulfonamides is 1. The lowest BCUT2D eigenvalue weighted by Gasteiger charge is -2.15.